The highest BCUT2D eigenvalue weighted by Crippen LogP contribution is 2.29. The third-order valence-corrected chi connectivity index (χ3v) is 5.89. The molecular weight excluding hydrogens is 282 g/mol. The van der Waals surface area contributed by atoms with Crippen molar-refractivity contribution >= 4 is 21.6 Å². The fourth-order valence-corrected chi connectivity index (χ4v) is 3.95. The van der Waals surface area contributed by atoms with Gasteiger partial charge in [-0.3, -0.25) is 0 Å². The molecular formula is C14H20ClNO2S. The van der Waals surface area contributed by atoms with Crippen LogP contribution in [0.1, 0.15) is 30.4 Å². The minimum Gasteiger partial charge on any atom is -0.211 e. The maximum Gasteiger partial charge on any atom is 0.240 e. The number of hydrogen-bond donors (Lipinski definition) is 1. The maximum absolute atomic E-state index is 12.2. The van der Waals surface area contributed by atoms with Crippen molar-refractivity contribution in [2.75, 3.05) is 6.54 Å². The van der Waals surface area contributed by atoms with Gasteiger partial charge in [-0.15, -0.1) is 11.6 Å². The molecule has 0 saturated heterocycles. The van der Waals surface area contributed by atoms with Gasteiger partial charge in [0, 0.05) is 11.9 Å². The number of halogens is 1. The van der Waals surface area contributed by atoms with Crippen LogP contribution in [0.3, 0.4) is 0 Å². The number of nitrogens with one attached hydrogen (secondary N) is 1. The van der Waals surface area contributed by atoms with E-state index in [0.29, 0.717) is 11.4 Å². The topological polar surface area (TPSA) is 46.2 Å². The largest absolute Gasteiger partial charge is 0.240 e. The summed E-state index contributed by atoms with van der Waals surface area (Å²) in [6.45, 7) is 4.32. The summed E-state index contributed by atoms with van der Waals surface area (Å²) in [5, 5.41) is 0.0995. The van der Waals surface area contributed by atoms with Gasteiger partial charge in [-0.05, 0) is 55.9 Å². The summed E-state index contributed by atoms with van der Waals surface area (Å²) in [4.78, 5) is 0.333. The minimum absolute atomic E-state index is 0.0995. The van der Waals surface area contributed by atoms with E-state index in [2.05, 4.69) is 4.72 Å². The van der Waals surface area contributed by atoms with Gasteiger partial charge in [-0.2, -0.15) is 0 Å². The molecule has 5 heteroatoms. The second kappa shape index (κ2) is 5.81. The van der Waals surface area contributed by atoms with Crippen molar-refractivity contribution in [1.82, 2.24) is 4.72 Å². The molecule has 0 spiro atoms. The van der Waals surface area contributed by atoms with Crippen LogP contribution in [-0.4, -0.2) is 20.3 Å². The molecule has 1 saturated carbocycles. The van der Waals surface area contributed by atoms with Crippen molar-refractivity contribution < 1.29 is 8.42 Å². The maximum atomic E-state index is 12.2. The molecule has 1 aromatic carbocycles. The van der Waals surface area contributed by atoms with Gasteiger partial charge in [0.15, 0.2) is 0 Å². The van der Waals surface area contributed by atoms with E-state index in [9.17, 15) is 8.42 Å². The molecule has 2 atom stereocenters. The van der Waals surface area contributed by atoms with Crippen LogP contribution >= 0.6 is 11.6 Å². The lowest BCUT2D eigenvalue weighted by atomic mass is 10.1. The Balaban J connectivity index is 2.07. The van der Waals surface area contributed by atoms with Gasteiger partial charge in [0.1, 0.15) is 0 Å². The zero-order chi connectivity index (χ0) is 14.0. The lowest BCUT2D eigenvalue weighted by molar-refractivity contribution is 0.523. The third-order valence-electron chi connectivity index (χ3n) is 3.89. The fraction of sp³-hybridized carbons (Fsp3) is 0.571. The standard InChI is InChI=1S/C14H20ClNO2S/c1-10-6-7-13(8-11(10)2)19(17,18)16-9-12-4-3-5-14(12)15/h6-8,12,14,16H,3-5,9H2,1-2H3. The van der Waals surface area contributed by atoms with Gasteiger partial charge in [-0.1, -0.05) is 12.5 Å². The smallest absolute Gasteiger partial charge is 0.211 e. The first-order valence-electron chi connectivity index (χ1n) is 6.61. The number of sulfonamides is 1. The van der Waals surface area contributed by atoms with Crippen molar-refractivity contribution in [2.45, 2.75) is 43.4 Å². The van der Waals surface area contributed by atoms with Gasteiger partial charge >= 0.3 is 0 Å². The molecule has 1 fully saturated rings. The van der Waals surface area contributed by atoms with Crippen molar-refractivity contribution in [1.29, 1.82) is 0 Å². The highest BCUT2D eigenvalue weighted by molar-refractivity contribution is 7.89. The highest BCUT2D eigenvalue weighted by atomic mass is 35.5. The molecule has 0 bridgehead atoms. The Bertz CT molecular complexity index is 557. The summed E-state index contributed by atoms with van der Waals surface area (Å²) in [6.07, 6.45) is 3.07. The van der Waals surface area contributed by atoms with E-state index in [1.807, 2.05) is 19.9 Å². The number of alkyl halides is 1. The SMILES string of the molecule is Cc1ccc(S(=O)(=O)NCC2CCCC2Cl)cc1C. The predicted molar refractivity (Wildman–Crippen MR) is 78.1 cm³/mol. The molecule has 1 aliphatic rings. The molecule has 19 heavy (non-hydrogen) atoms. The lowest BCUT2D eigenvalue weighted by Gasteiger charge is -2.15. The van der Waals surface area contributed by atoms with E-state index in [1.165, 1.54) is 0 Å². The minimum atomic E-state index is -3.42. The molecule has 1 N–H and O–H groups in total. The monoisotopic (exact) mass is 301 g/mol. The second-order valence-electron chi connectivity index (χ2n) is 5.30. The van der Waals surface area contributed by atoms with E-state index >= 15 is 0 Å². The van der Waals surface area contributed by atoms with E-state index in [1.54, 1.807) is 12.1 Å². The molecule has 0 radical (unpaired) electrons. The summed E-state index contributed by atoms with van der Waals surface area (Å²) in [5.41, 5.74) is 2.08. The Hall–Kier alpha value is -0.580. The van der Waals surface area contributed by atoms with Crippen LogP contribution < -0.4 is 4.72 Å². The Kier molecular flexibility index (Phi) is 4.54. The summed E-state index contributed by atoms with van der Waals surface area (Å²) >= 11 is 6.16. The van der Waals surface area contributed by atoms with Crippen molar-refractivity contribution in [3.05, 3.63) is 29.3 Å². The molecule has 0 aromatic heterocycles. The Morgan fingerprint density at radius 3 is 2.58 bits per heavy atom. The summed E-state index contributed by atoms with van der Waals surface area (Å²) in [6, 6.07) is 5.20. The van der Waals surface area contributed by atoms with Crippen LogP contribution in [-0.2, 0) is 10.0 Å². The van der Waals surface area contributed by atoms with Crippen LogP contribution in [0.2, 0.25) is 0 Å². The first kappa shape index (κ1) is 14.8. The Morgan fingerprint density at radius 2 is 2.00 bits per heavy atom. The lowest BCUT2D eigenvalue weighted by Crippen LogP contribution is -2.31. The molecule has 0 aliphatic heterocycles. The van der Waals surface area contributed by atoms with E-state index in [4.69, 9.17) is 11.6 Å². The Labute approximate surface area is 120 Å². The first-order valence-corrected chi connectivity index (χ1v) is 8.53. The van der Waals surface area contributed by atoms with Gasteiger partial charge in [0.25, 0.3) is 0 Å². The molecule has 0 amide bonds. The average Bonchev–Trinajstić information content (AvgIpc) is 2.76. The van der Waals surface area contributed by atoms with Crippen LogP contribution in [0.4, 0.5) is 0 Å². The fourth-order valence-electron chi connectivity index (χ4n) is 2.40. The summed E-state index contributed by atoms with van der Waals surface area (Å²) in [5.74, 6) is 0.253. The highest BCUT2D eigenvalue weighted by Gasteiger charge is 2.27. The van der Waals surface area contributed by atoms with Crippen molar-refractivity contribution in [3.63, 3.8) is 0 Å². The molecule has 3 nitrogen and oxygen atoms in total. The number of rotatable bonds is 4. The normalized spacial score (nSPS) is 23.7. The number of benzene rings is 1. The third kappa shape index (κ3) is 3.50. The first-order chi connectivity index (χ1) is 8.90. The van der Waals surface area contributed by atoms with E-state index in [0.717, 1.165) is 30.4 Å². The predicted octanol–water partition coefficient (Wildman–Crippen LogP) is 2.99. The van der Waals surface area contributed by atoms with Crippen LogP contribution in [0, 0.1) is 19.8 Å². The van der Waals surface area contributed by atoms with E-state index < -0.39 is 10.0 Å². The van der Waals surface area contributed by atoms with Crippen LogP contribution in [0.25, 0.3) is 0 Å². The number of aryl methyl sites for hydroxylation is 2. The van der Waals surface area contributed by atoms with Crippen LogP contribution in [0.5, 0.6) is 0 Å². The quantitative estimate of drug-likeness (QED) is 0.869. The number of hydrogen-bond acceptors (Lipinski definition) is 2. The summed E-state index contributed by atoms with van der Waals surface area (Å²) in [7, 11) is -3.42. The molecule has 1 aliphatic carbocycles. The van der Waals surface area contributed by atoms with Gasteiger partial charge in [0.05, 0.1) is 4.90 Å². The molecule has 2 unspecified atom stereocenters. The zero-order valence-electron chi connectivity index (χ0n) is 11.3. The van der Waals surface area contributed by atoms with Crippen LogP contribution in [0.15, 0.2) is 23.1 Å². The van der Waals surface area contributed by atoms with Crippen molar-refractivity contribution in [3.8, 4) is 0 Å². The average molecular weight is 302 g/mol. The zero-order valence-corrected chi connectivity index (χ0v) is 12.9. The molecule has 106 valence electrons. The molecule has 1 aromatic rings. The molecule has 2 rings (SSSR count). The summed E-state index contributed by atoms with van der Waals surface area (Å²) < 4.78 is 27.1. The molecule has 0 heterocycles. The van der Waals surface area contributed by atoms with E-state index in [-0.39, 0.29) is 11.3 Å². The van der Waals surface area contributed by atoms with Crippen molar-refractivity contribution in [2.24, 2.45) is 5.92 Å². The second-order valence-corrected chi connectivity index (χ2v) is 7.63. The van der Waals surface area contributed by atoms with Gasteiger partial charge < -0.3 is 0 Å². The van der Waals surface area contributed by atoms with Gasteiger partial charge in [0.2, 0.25) is 10.0 Å². The Morgan fingerprint density at radius 1 is 1.26 bits per heavy atom. The van der Waals surface area contributed by atoms with Gasteiger partial charge in [-0.25, -0.2) is 13.1 Å².